The third-order valence-electron chi connectivity index (χ3n) is 4.82. The smallest absolute Gasteiger partial charge is 0.410 e. The van der Waals surface area contributed by atoms with E-state index < -0.39 is 5.60 Å². The Hall–Kier alpha value is -3.16. The molecular weight excluding hydrogens is 368 g/mol. The quantitative estimate of drug-likeness (QED) is 0.730. The van der Waals surface area contributed by atoms with Crippen LogP contribution in [0.25, 0.3) is 16.9 Å². The second-order valence-corrected chi connectivity index (χ2v) is 8.22. The number of pyridine rings is 1. The van der Waals surface area contributed by atoms with Crippen LogP contribution in [0.3, 0.4) is 0 Å². The molecule has 1 aliphatic heterocycles. The third kappa shape index (κ3) is 4.47. The number of carbonyl (C=O) groups is 1. The molecule has 1 fully saturated rings. The third-order valence-corrected chi connectivity index (χ3v) is 4.82. The lowest BCUT2D eigenvalue weighted by molar-refractivity contribution is 0.0210. The fraction of sp³-hybridized carbons (Fsp3) is 0.429. The van der Waals surface area contributed by atoms with Crippen LogP contribution in [0.1, 0.15) is 33.6 Å². The van der Waals surface area contributed by atoms with E-state index in [0.717, 1.165) is 29.7 Å². The van der Waals surface area contributed by atoms with Gasteiger partial charge in [0.1, 0.15) is 11.4 Å². The lowest BCUT2D eigenvalue weighted by Crippen LogP contribution is -2.44. The topological polar surface area (TPSA) is 85.2 Å². The van der Waals surface area contributed by atoms with Crippen LogP contribution in [0, 0.1) is 0 Å². The van der Waals surface area contributed by atoms with E-state index in [9.17, 15) is 4.79 Å². The van der Waals surface area contributed by atoms with Gasteiger partial charge in [0, 0.05) is 37.7 Å². The number of hydrogen-bond acceptors (Lipinski definition) is 6. The zero-order chi connectivity index (χ0) is 20.4. The predicted molar refractivity (Wildman–Crippen MR) is 111 cm³/mol. The predicted octanol–water partition coefficient (Wildman–Crippen LogP) is 3.63. The summed E-state index contributed by atoms with van der Waals surface area (Å²) in [5.41, 5.74) is 1.46. The molecule has 29 heavy (non-hydrogen) atoms. The molecule has 4 rings (SSSR count). The van der Waals surface area contributed by atoms with E-state index in [-0.39, 0.29) is 12.1 Å². The maximum Gasteiger partial charge on any atom is 0.410 e. The van der Waals surface area contributed by atoms with Crippen LogP contribution in [0.2, 0.25) is 0 Å². The molecule has 4 heterocycles. The van der Waals surface area contributed by atoms with Gasteiger partial charge in [-0.15, -0.1) is 0 Å². The van der Waals surface area contributed by atoms with Gasteiger partial charge in [0.05, 0.1) is 11.0 Å². The first-order valence-electron chi connectivity index (χ1n) is 9.89. The number of nitrogens with zero attached hydrogens (tertiary/aromatic N) is 5. The number of aromatic nitrogens is 4. The van der Waals surface area contributed by atoms with Gasteiger partial charge in [-0.2, -0.15) is 4.98 Å². The zero-order valence-electron chi connectivity index (χ0n) is 17.0. The Bertz CT molecular complexity index is 1000. The fourth-order valence-electron chi connectivity index (χ4n) is 3.43. The van der Waals surface area contributed by atoms with Crippen LogP contribution in [-0.4, -0.2) is 55.2 Å². The van der Waals surface area contributed by atoms with E-state index in [1.54, 1.807) is 17.3 Å². The van der Waals surface area contributed by atoms with E-state index in [1.165, 1.54) is 0 Å². The van der Waals surface area contributed by atoms with E-state index in [0.29, 0.717) is 19.0 Å². The van der Waals surface area contributed by atoms with Gasteiger partial charge in [-0.3, -0.25) is 9.55 Å². The standard InChI is InChI=1S/C21H26N6O2/c1-21(2,3)29-20(28)26-12-7-15(8-13-26)24-19-23-11-6-18(25-19)27-14-9-16-17(27)5-4-10-22-16/h4-6,9-11,14-15H,7-8,12-13H2,1-3H3,(H,23,24,25). The van der Waals surface area contributed by atoms with Crippen molar-refractivity contribution in [2.24, 2.45) is 0 Å². The van der Waals surface area contributed by atoms with Crippen LogP contribution >= 0.6 is 0 Å². The van der Waals surface area contributed by atoms with Gasteiger partial charge >= 0.3 is 6.09 Å². The summed E-state index contributed by atoms with van der Waals surface area (Å²) in [6.45, 7) is 6.95. The number of likely N-dealkylation sites (tertiary alicyclic amines) is 1. The highest BCUT2D eigenvalue weighted by atomic mass is 16.6. The van der Waals surface area contributed by atoms with Gasteiger partial charge in [0.15, 0.2) is 0 Å². The van der Waals surface area contributed by atoms with E-state index >= 15 is 0 Å². The minimum absolute atomic E-state index is 0.215. The number of carbonyl (C=O) groups excluding carboxylic acids is 1. The first-order valence-corrected chi connectivity index (χ1v) is 9.89. The number of anilines is 1. The van der Waals surface area contributed by atoms with Crippen molar-refractivity contribution in [3.8, 4) is 5.82 Å². The number of piperidine rings is 1. The molecule has 1 aliphatic rings. The molecule has 3 aromatic heterocycles. The Morgan fingerprint density at radius 2 is 1.93 bits per heavy atom. The van der Waals surface area contributed by atoms with Gasteiger partial charge in [-0.1, -0.05) is 0 Å². The van der Waals surface area contributed by atoms with Gasteiger partial charge in [-0.05, 0) is 57.9 Å². The molecule has 0 radical (unpaired) electrons. The van der Waals surface area contributed by atoms with Crippen LogP contribution in [-0.2, 0) is 4.74 Å². The Morgan fingerprint density at radius 1 is 1.14 bits per heavy atom. The van der Waals surface area contributed by atoms with Crippen molar-refractivity contribution in [2.45, 2.75) is 45.3 Å². The average molecular weight is 394 g/mol. The highest BCUT2D eigenvalue weighted by molar-refractivity contribution is 5.77. The van der Waals surface area contributed by atoms with Crippen molar-refractivity contribution in [3.05, 3.63) is 42.9 Å². The Balaban J connectivity index is 1.40. The number of fused-ring (bicyclic) bond motifs is 1. The minimum Gasteiger partial charge on any atom is -0.444 e. The molecule has 152 valence electrons. The van der Waals surface area contributed by atoms with Crippen LogP contribution in [0.4, 0.5) is 10.7 Å². The largest absolute Gasteiger partial charge is 0.444 e. The lowest BCUT2D eigenvalue weighted by Gasteiger charge is -2.33. The van der Waals surface area contributed by atoms with Crippen LogP contribution in [0.5, 0.6) is 0 Å². The number of nitrogens with one attached hydrogen (secondary N) is 1. The molecule has 1 amide bonds. The van der Waals surface area contributed by atoms with Crippen molar-refractivity contribution >= 4 is 23.1 Å². The molecule has 0 saturated carbocycles. The number of rotatable bonds is 3. The minimum atomic E-state index is -0.474. The lowest BCUT2D eigenvalue weighted by atomic mass is 10.1. The van der Waals surface area contributed by atoms with Gasteiger partial charge in [0.2, 0.25) is 5.95 Å². The monoisotopic (exact) mass is 394 g/mol. The SMILES string of the molecule is CC(C)(C)OC(=O)N1CCC(Nc2nccc(-n3ccc4ncccc43)n2)CC1. The molecule has 0 spiro atoms. The van der Waals surface area contributed by atoms with E-state index in [4.69, 9.17) is 4.74 Å². The molecule has 0 aliphatic carbocycles. The van der Waals surface area contributed by atoms with Gasteiger partial charge in [-0.25, -0.2) is 9.78 Å². The van der Waals surface area contributed by atoms with Gasteiger partial charge < -0.3 is 15.0 Å². The first-order chi connectivity index (χ1) is 13.9. The van der Waals surface area contributed by atoms with Crippen molar-refractivity contribution in [1.82, 2.24) is 24.4 Å². The summed E-state index contributed by atoms with van der Waals surface area (Å²) in [7, 11) is 0. The van der Waals surface area contributed by atoms with Crippen molar-refractivity contribution in [2.75, 3.05) is 18.4 Å². The number of amides is 1. The molecular formula is C21H26N6O2. The van der Waals surface area contributed by atoms with E-state index in [2.05, 4.69) is 20.3 Å². The molecule has 0 unspecified atom stereocenters. The van der Waals surface area contributed by atoms with Gasteiger partial charge in [0.25, 0.3) is 0 Å². The molecule has 3 aromatic rings. The zero-order valence-corrected chi connectivity index (χ0v) is 17.0. The Morgan fingerprint density at radius 3 is 2.69 bits per heavy atom. The second-order valence-electron chi connectivity index (χ2n) is 8.22. The average Bonchev–Trinajstić information content (AvgIpc) is 3.12. The summed E-state index contributed by atoms with van der Waals surface area (Å²) >= 11 is 0. The number of ether oxygens (including phenoxy) is 1. The summed E-state index contributed by atoms with van der Waals surface area (Å²) in [5.74, 6) is 1.38. The molecule has 8 heteroatoms. The van der Waals surface area contributed by atoms with E-state index in [1.807, 2.05) is 55.8 Å². The molecule has 0 bridgehead atoms. The first kappa shape index (κ1) is 19.2. The molecule has 1 saturated heterocycles. The molecule has 0 aromatic carbocycles. The van der Waals surface area contributed by atoms with Crippen molar-refractivity contribution in [3.63, 3.8) is 0 Å². The summed E-state index contributed by atoms with van der Waals surface area (Å²) in [6, 6.07) is 7.99. The highest BCUT2D eigenvalue weighted by Crippen LogP contribution is 2.20. The van der Waals surface area contributed by atoms with Crippen LogP contribution in [0.15, 0.2) is 42.9 Å². The van der Waals surface area contributed by atoms with Crippen LogP contribution < -0.4 is 5.32 Å². The maximum absolute atomic E-state index is 12.2. The maximum atomic E-state index is 12.2. The Kier molecular flexibility index (Phi) is 5.08. The molecule has 1 N–H and O–H groups in total. The van der Waals surface area contributed by atoms with Crippen molar-refractivity contribution < 1.29 is 9.53 Å². The summed E-state index contributed by atoms with van der Waals surface area (Å²) in [6.07, 6.45) is 6.89. The second kappa shape index (κ2) is 7.69. The fourth-order valence-corrected chi connectivity index (χ4v) is 3.43. The summed E-state index contributed by atoms with van der Waals surface area (Å²) < 4.78 is 7.46. The number of hydrogen-bond donors (Lipinski definition) is 1. The summed E-state index contributed by atoms with van der Waals surface area (Å²) in [5, 5.41) is 3.41. The Labute approximate surface area is 169 Å². The normalized spacial score (nSPS) is 15.5. The summed E-state index contributed by atoms with van der Waals surface area (Å²) in [4.78, 5) is 27.4. The highest BCUT2D eigenvalue weighted by Gasteiger charge is 2.27. The molecule has 0 atom stereocenters. The molecule has 8 nitrogen and oxygen atoms in total. The van der Waals surface area contributed by atoms with Crippen molar-refractivity contribution in [1.29, 1.82) is 0 Å².